The van der Waals surface area contributed by atoms with Crippen molar-refractivity contribution >= 4 is 47.0 Å². The van der Waals surface area contributed by atoms with Gasteiger partial charge in [-0.15, -0.1) is 47.0 Å². The molecule has 0 saturated heterocycles. The van der Waals surface area contributed by atoms with E-state index < -0.39 is 8.16 Å². The van der Waals surface area contributed by atoms with Gasteiger partial charge in [-0.05, 0) is 59.7 Å². The van der Waals surface area contributed by atoms with E-state index in [2.05, 4.69) is 182 Å². The van der Waals surface area contributed by atoms with Gasteiger partial charge < -0.3 is 0 Å². The molecule has 0 bridgehead atoms. The molecule has 0 aromatic heterocycles. The van der Waals surface area contributed by atoms with Crippen molar-refractivity contribution in [3.8, 4) is 0 Å². The van der Waals surface area contributed by atoms with Crippen molar-refractivity contribution in [3.63, 3.8) is 0 Å². The number of hydrogen-bond acceptors (Lipinski definition) is 4. The lowest BCUT2D eigenvalue weighted by molar-refractivity contribution is 0.779. The molecular weight excluding hydrogens is 585 g/mol. The third kappa shape index (κ3) is 6.38. The van der Waals surface area contributed by atoms with E-state index in [1.807, 2.05) is 47.0 Å². The van der Waals surface area contributed by atoms with Gasteiger partial charge in [0.05, 0.1) is 0 Å². The molecule has 0 aliphatic carbocycles. The zero-order chi connectivity index (χ0) is 28.5. The zero-order valence-electron chi connectivity index (χ0n) is 23.0. The third-order valence-corrected chi connectivity index (χ3v) is 13.6. The van der Waals surface area contributed by atoms with Gasteiger partial charge in [0.1, 0.15) is 8.16 Å². The second kappa shape index (κ2) is 13.8. The fraction of sp³-hybridized carbons (Fsp3) is 0.0526. The minimum absolute atomic E-state index is 0.515. The molecule has 42 heavy (non-hydrogen) atoms. The summed E-state index contributed by atoms with van der Waals surface area (Å²) in [6.45, 7) is 0. The Kier molecular flexibility index (Phi) is 9.47. The Morgan fingerprint density at radius 2 is 0.429 bits per heavy atom. The summed E-state index contributed by atoms with van der Waals surface area (Å²) in [7, 11) is 0. The predicted molar refractivity (Wildman–Crippen MR) is 185 cm³/mol. The van der Waals surface area contributed by atoms with Gasteiger partial charge in [0, 0.05) is 19.6 Å². The summed E-state index contributed by atoms with van der Waals surface area (Å²) in [5, 5.41) is 0. The largest absolute Gasteiger partial charge is 0.124 e. The van der Waals surface area contributed by atoms with Gasteiger partial charge in [0.25, 0.3) is 0 Å². The van der Waals surface area contributed by atoms with Crippen molar-refractivity contribution in [2.45, 2.75) is 27.7 Å². The Bertz CT molecular complexity index is 1430. The molecular formula is C38H30S4. The Hall–Kier alpha value is -3.28. The highest BCUT2D eigenvalue weighted by Crippen LogP contribution is 2.72. The monoisotopic (exact) mass is 614 g/mol. The average Bonchev–Trinajstić information content (AvgIpc) is 3.07. The van der Waals surface area contributed by atoms with Crippen molar-refractivity contribution in [1.82, 2.24) is 0 Å². The van der Waals surface area contributed by atoms with Gasteiger partial charge >= 0.3 is 0 Å². The molecule has 0 heterocycles. The molecule has 0 unspecified atom stereocenters. The van der Waals surface area contributed by atoms with Crippen LogP contribution in [0.15, 0.2) is 202 Å². The maximum Gasteiger partial charge on any atom is 0.124 e. The first kappa shape index (κ1) is 28.8. The number of thioether (sulfide) groups is 4. The normalized spacial score (nSPS) is 11.7. The van der Waals surface area contributed by atoms with Crippen LogP contribution in [-0.2, 0) is 8.16 Å². The van der Waals surface area contributed by atoms with Crippen LogP contribution in [-0.4, -0.2) is 0 Å². The molecule has 206 valence electrons. The van der Waals surface area contributed by atoms with E-state index in [0.29, 0.717) is 0 Å². The minimum Gasteiger partial charge on any atom is -0.100 e. The Morgan fingerprint density at radius 3 is 0.643 bits per heavy atom. The summed E-state index contributed by atoms with van der Waals surface area (Å²) < 4.78 is -1.03. The summed E-state index contributed by atoms with van der Waals surface area (Å²) in [4.78, 5) is 4.92. The Labute approximate surface area is 266 Å². The fourth-order valence-corrected chi connectivity index (χ4v) is 11.9. The summed E-state index contributed by atoms with van der Waals surface area (Å²) in [6.07, 6.45) is 0. The van der Waals surface area contributed by atoms with Gasteiger partial charge in [0.2, 0.25) is 0 Å². The first-order valence-electron chi connectivity index (χ1n) is 13.8. The molecule has 6 aromatic rings. The summed E-state index contributed by atoms with van der Waals surface area (Å²) in [5.74, 6) is 0. The number of benzene rings is 6. The second-order valence-corrected chi connectivity index (χ2v) is 15.3. The third-order valence-electron chi connectivity index (χ3n) is 6.76. The SMILES string of the molecule is c1ccc(SC(Sc2ccccc2)(c2ccccc2)C(Sc2ccccc2)(Sc2ccccc2)c2ccccc2)cc1. The maximum absolute atomic E-state index is 2.31. The highest BCUT2D eigenvalue weighted by atomic mass is 32.2. The summed E-state index contributed by atoms with van der Waals surface area (Å²) in [6, 6.07) is 65.6. The van der Waals surface area contributed by atoms with E-state index in [0.717, 1.165) is 0 Å². The first-order chi connectivity index (χ1) is 20.8. The molecule has 0 spiro atoms. The van der Waals surface area contributed by atoms with Crippen molar-refractivity contribution in [1.29, 1.82) is 0 Å². The summed E-state index contributed by atoms with van der Waals surface area (Å²) >= 11 is 7.78. The van der Waals surface area contributed by atoms with Gasteiger partial charge in [-0.3, -0.25) is 0 Å². The van der Waals surface area contributed by atoms with Crippen LogP contribution >= 0.6 is 47.0 Å². The van der Waals surface area contributed by atoms with Crippen molar-refractivity contribution in [2.24, 2.45) is 0 Å². The van der Waals surface area contributed by atoms with Crippen LogP contribution in [0.2, 0.25) is 0 Å². The number of rotatable bonds is 11. The predicted octanol–water partition coefficient (Wildman–Crippen LogP) is 11.9. The molecule has 0 nitrogen and oxygen atoms in total. The Morgan fingerprint density at radius 1 is 0.238 bits per heavy atom. The molecule has 0 atom stereocenters. The molecule has 0 N–H and O–H groups in total. The van der Waals surface area contributed by atoms with E-state index >= 15 is 0 Å². The summed E-state index contributed by atoms with van der Waals surface area (Å²) in [5.41, 5.74) is 2.53. The van der Waals surface area contributed by atoms with Crippen LogP contribution in [0.1, 0.15) is 11.1 Å². The molecule has 0 radical (unpaired) electrons. The zero-order valence-corrected chi connectivity index (χ0v) is 26.2. The lowest BCUT2D eigenvalue weighted by Gasteiger charge is -2.49. The minimum atomic E-state index is -0.515. The van der Waals surface area contributed by atoms with E-state index in [4.69, 9.17) is 0 Å². The van der Waals surface area contributed by atoms with Crippen LogP contribution in [0, 0.1) is 0 Å². The standard InChI is InChI=1S/C38H30S4/c1-7-19-31(20-8-1)37(39-33-23-11-3-12-24-33,40-34-25-13-4-14-26-34)38(32-21-9-2-10-22-32,41-35-27-15-5-16-28-35)42-36-29-17-6-18-30-36/h1-30H. The lowest BCUT2D eigenvalue weighted by atomic mass is 10.0. The van der Waals surface area contributed by atoms with Crippen molar-refractivity contribution < 1.29 is 0 Å². The van der Waals surface area contributed by atoms with Gasteiger partial charge in [0.15, 0.2) is 0 Å². The molecule has 0 aliphatic rings. The highest BCUT2D eigenvalue weighted by molar-refractivity contribution is 8.24. The van der Waals surface area contributed by atoms with Crippen LogP contribution < -0.4 is 0 Å². The molecule has 0 aliphatic heterocycles. The van der Waals surface area contributed by atoms with E-state index in [1.165, 1.54) is 30.7 Å². The second-order valence-electron chi connectivity index (χ2n) is 9.63. The van der Waals surface area contributed by atoms with Crippen LogP contribution in [0.25, 0.3) is 0 Å². The van der Waals surface area contributed by atoms with Gasteiger partial charge in [-0.1, -0.05) is 133 Å². The van der Waals surface area contributed by atoms with Crippen LogP contribution in [0.5, 0.6) is 0 Å². The van der Waals surface area contributed by atoms with E-state index in [9.17, 15) is 0 Å². The fourth-order valence-electron chi connectivity index (χ4n) is 4.86. The smallest absolute Gasteiger partial charge is 0.100 e. The molecule has 0 fully saturated rings. The Balaban J connectivity index is 1.71. The quantitative estimate of drug-likeness (QED) is 0.105. The topological polar surface area (TPSA) is 0 Å². The van der Waals surface area contributed by atoms with E-state index in [-0.39, 0.29) is 0 Å². The molecule has 6 rings (SSSR count). The van der Waals surface area contributed by atoms with Crippen LogP contribution in [0.4, 0.5) is 0 Å². The molecule has 4 heteroatoms. The van der Waals surface area contributed by atoms with Gasteiger partial charge in [-0.25, -0.2) is 0 Å². The van der Waals surface area contributed by atoms with Gasteiger partial charge in [-0.2, -0.15) is 0 Å². The first-order valence-corrected chi connectivity index (χ1v) is 17.1. The lowest BCUT2D eigenvalue weighted by Crippen LogP contribution is -2.40. The van der Waals surface area contributed by atoms with E-state index in [1.54, 1.807) is 0 Å². The molecule has 0 amide bonds. The number of hydrogen-bond donors (Lipinski definition) is 0. The molecule has 0 saturated carbocycles. The highest BCUT2D eigenvalue weighted by Gasteiger charge is 2.57. The molecule has 6 aromatic carbocycles. The van der Waals surface area contributed by atoms with Crippen molar-refractivity contribution in [2.75, 3.05) is 0 Å². The average molecular weight is 615 g/mol. The maximum atomic E-state index is 2.31. The van der Waals surface area contributed by atoms with Crippen LogP contribution in [0.3, 0.4) is 0 Å². The van der Waals surface area contributed by atoms with Crippen molar-refractivity contribution in [3.05, 3.63) is 193 Å².